The molecule has 1 unspecified atom stereocenters. The van der Waals surface area contributed by atoms with Gasteiger partial charge in [0, 0.05) is 18.9 Å². The molecule has 0 aromatic carbocycles. The molecule has 0 radical (unpaired) electrons. The molecule has 0 aliphatic rings. The first-order valence-corrected chi connectivity index (χ1v) is 12.3. The van der Waals surface area contributed by atoms with E-state index in [1.807, 2.05) is 40.7 Å². The third-order valence-electron chi connectivity index (χ3n) is 4.23. The van der Waals surface area contributed by atoms with Crippen LogP contribution in [0.2, 0.25) is 0 Å². The number of carbonyl (C=O) groups is 1. The van der Waals surface area contributed by atoms with E-state index in [-0.39, 0.29) is 5.97 Å². The van der Waals surface area contributed by atoms with Crippen molar-refractivity contribution < 1.29 is 23.1 Å². The Morgan fingerprint density at radius 3 is 2.28 bits per heavy atom. The fourth-order valence-electron chi connectivity index (χ4n) is 2.93. The van der Waals surface area contributed by atoms with Crippen molar-refractivity contribution in [2.75, 3.05) is 13.2 Å². The summed E-state index contributed by atoms with van der Waals surface area (Å²) >= 11 is 0. The molecule has 168 valence electrons. The van der Waals surface area contributed by atoms with Gasteiger partial charge < -0.3 is 18.3 Å². The average molecular weight is 430 g/mol. The van der Waals surface area contributed by atoms with Gasteiger partial charge in [0.05, 0.1) is 18.9 Å². The maximum atomic E-state index is 12.8. The first-order valence-electron chi connectivity index (χ1n) is 11.0. The number of unbranched alkanes of at least 4 members (excludes halogenated alkanes) is 5. The van der Waals surface area contributed by atoms with E-state index in [0.717, 1.165) is 24.3 Å². The molecule has 0 fully saturated rings. The number of rotatable bonds is 15. The Morgan fingerprint density at radius 2 is 1.69 bits per heavy atom. The summed E-state index contributed by atoms with van der Waals surface area (Å²) in [6.45, 7) is 12.6. The van der Waals surface area contributed by atoms with E-state index >= 15 is 0 Å². The highest BCUT2D eigenvalue weighted by Crippen LogP contribution is 2.46. The van der Waals surface area contributed by atoms with Gasteiger partial charge in [-0.1, -0.05) is 44.2 Å². The standard InChI is InChI=1S/C22H40NO5P/c1-7-10-11-12-13-14-15-19-16-18(23-28-19)17-20(21(24)27-22(4,5)6)29(25-8-2)26-9-3/h16,20H,7-15,17H2,1-6H3. The topological polar surface area (TPSA) is 70.8 Å². The lowest BCUT2D eigenvalue weighted by Crippen LogP contribution is -2.33. The summed E-state index contributed by atoms with van der Waals surface area (Å²) in [5.74, 6) is 0.557. The number of carbonyl (C=O) groups excluding carboxylic acids is 1. The SMILES string of the molecule is CCCCCCCCc1cc(CC(C(=O)OC(C)(C)C)P(OCC)OCC)no1. The van der Waals surface area contributed by atoms with Crippen LogP contribution >= 0.6 is 8.38 Å². The monoisotopic (exact) mass is 429 g/mol. The second-order valence-electron chi connectivity index (χ2n) is 8.18. The van der Waals surface area contributed by atoms with Gasteiger partial charge in [-0.15, -0.1) is 0 Å². The van der Waals surface area contributed by atoms with Gasteiger partial charge in [0.2, 0.25) is 0 Å². The Kier molecular flexibility index (Phi) is 12.7. The molecular formula is C22H40NO5P. The van der Waals surface area contributed by atoms with Crippen molar-refractivity contribution >= 4 is 14.3 Å². The second kappa shape index (κ2) is 14.1. The molecule has 1 rings (SSSR count). The smallest absolute Gasteiger partial charge is 0.318 e. The Bertz CT molecular complexity index is 564. The van der Waals surface area contributed by atoms with Crippen LogP contribution < -0.4 is 0 Å². The second-order valence-corrected chi connectivity index (χ2v) is 9.89. The number of ether oxygens (including phenoxy) is 1. The van der Waals surface area contributed by atoms with Crippen LogP contribution in [0, 0.1) is 0 Å². The van der Waals surface area contributed by atoms with E-state index in [1.165, 1.54) is 32.1 Å². The summed E-state index contributed by atoms with van der Waals surface area (Å²) in [5, 5.41) is 4.18. The van der Waals surface area contributed by atoms with Gasteiger partial charge in [0.15, 0.2) is 8.38 Å². The molecular weight excluding hydrogens is 389 g/mol. The molecule has 1 heterocycles. The molecule has 29 heavy (non-hydrogen) atoms. The van der Waals surface area contributed by atoms with Gasteiger partial charge in [0.25, 0.3) is 0 Å². The zero-order valence-electron chi connectivity index (χ0n) is 19.2. The lowest BCUT2D eigenvalue weighted by Gasteiger charge is -2.27. The average Bonchev–Trinajstić information content (AvgIpc) is 3.08. The minimum Gasteiger partial charge on any atom is -0.459 e. The lowest BCUT2D eigenvalue weighted by atomic mass is 10.1. The highest BCUT2D eigenvalue weighted by molar-refractivity contribution is 7.49. The van der Waals surface area contributed by atoms with Crippen LogP contribution in [0.5, 0.6) is 0 Å². The molecule has 0 amide bonds. The Hall–Kier alpha value is -0.970. The van der Waals surface area contributed by atoms with Gasteiger partial charge in [-0.2, -0.15) is 0 Å². The molecule has 7 heteroatoms. The molecule has 0 aliphatic heterocycles. The molecule has 0 saturated heterocycles. The minimum atomic E-state index is -1.41. The van der Waals surface area contributed by atoms with Crippen LogP contribution in [0.1, 0.15) is 91.5 Å². The van der Waals surface area contributed by atoms with E-state index < -0.39 is 19.6 Å². The van der Waals surface area contributed by atoms with Gasteiger partial charge in [-0.05, 0) is 41.0 Å². The van der Waals surface area contributed by atoms with E-state index in [0.29, 0.717) is 19.6 Å². The molecule has 0 bridgehead atoms. The zero-order chi connectivity index (χ0) is 21.7. The number of aromatic nitrogens is 1. The van der Waals surface area contributed by atoms with Crippen molar-refractivity contribution in [3.05, 3.63) is 17.5 Å². The van der Waals surface area contributed by atoms with Crippen molar-refractivity contribution in [1.82, 2.24) is 5.16 Å². The van der Waals surface area contributed by atoms with Crippen molar-refractivity contribution in [1.29, 1.82) is 0 Å². The lowest BCUT2D eigenvalue weighted by molar-refractivity contribution is -0.154. The summed E-state index contributed by atoms with van der Waals surface area (Å²) in [4.78, 5) is 12.8. The van der Waals surface area contributed by atoms with E-state index in [4.69, 9.17) is 18.3 Å². The molecule has 1 atom stereocenters. The molecule has 6 nitrogen and oxygen atoms in total. The normalized spacial score (nSPS) is 13.1. The first-order chi connectivity index (χ1) is 13.8. The fraction of sp³-hybridized carbons (Fsp3) is 0.818. The number of aryl methyl sites for hydroxylation is 1. The number of esters is 1. The van der Waals surface area contributed by atoms with Crippen LogP contribution in [0.25, 0.3) is 0 Å². The molecule has 0 aliphatic carbocycles. The van der Waals surface area contributed by atoms with Crippen molar-refractivity contribution in [2.24, 2.45) is 0 Å². The number of nitrogens with zero attached hydrogens (tertiary/aromatic N) is 1. The van der Waals surface area contributed by atoms with E-state index in [9.17, 15) is 4.79 Å². The van der Waals surface area contributed by atoms with Gasteiger partial charge in [-0.25, -0.2) is 0 Å². The zero-order valence-corrected chi connectivity index (χ0v) is 20.1. The van der Waals surface area contributed by atoms with Crippen LogP contribution in [0.4, 0.5) is 0 Å². The quantitative estimate of drug-likeness (QED) is 0.187. The van der Waals surface area contributed by atoms with Crippen LogP contribution in [0.3, 0.4) is 0 Å². The fourth-order valence-corrected chi connectivity index (χ4v) is 4.44. The number of hydrogen-bond donors (Lipinski definition) is 0. The highest BCUT2D eigenvalue weighted by Gasteiger charge is 2.35. The molecule has 1 aromatic heterocycles. The number of hydrogen-bond acceptors (Lipinski definition) is 6. The summed E-state index contributed by atoms with van der Waals surface area (Å²) in [5.41, 5.74) is -0.355. The summed E-state index contributed by atoms with van der Waals surface area (Å²) < 4.78 is 22.6. The summed E-state index contributed by atoms with van der Waals surface area (Å²) in [6, 6.07) is 1.95. The predicted octanol–water partition coefficient (Wildman–Crippen LogP) is 6.22. The van der Waals surface area contributed by atoms with Gasteiger partial charge in [-0.3, -0.25) is 4.79 Å². The van der Waals surface area contributed by atoms with Crippen LogP contribution in [-0.2, 0) is 31.4 Å². The molecule has 0 N–H and O–H groups in total. The molecule has 0 saturated carbocycles. The minimum absolute atomic E-state index is 0.314. The summed E-state index contributed by atoms with van der Waals surface area (Å²) in [6.07, 6.45) is 8.70. The first kappa shape index (κ1) is 26.1. The van der Waals surface area contributed by atoms with Gasteiger partial charge >= 0.3 is 5.97 Å². The maximum Gasteiger partial charge on any atom is 0.318 e. The van der Waals surface area contributed by atoms with Crippen molar-refractivity contribution in [3.8, 4) is 0 Å². The Labute approximate surface area is 178 Å². The van der Waals surface area contributed by atoms with Crippen LogP contribution in [0.15, 0.2) is 10.6 Å². The van der Waals surface area contributed by atoms with Gasteiger partial charge in [0.1, 0.15) is 17.0 Å². The Morgan fingerprint density at radius 1 is 1.07 bits per heavy atom. The Balaban J connectivity index is 2.72. The third-order valence-corrected chi connectivity index (χ3v) is 6.16. The summed E-state index contributed by atoms with van der Waals surface area (Å²) in [7, 11) is -1.41. The van der Waals surface area contributed by atoms with E-state index in [1.54, 1.807) is 0 Å². The molecule has 0 spiro atoms. The van der Waals surface area contributed by atoms with Crippen LogP contribution in [-0.4, -0.2) is 35.6 Å². The van der Waals surface area contributed by atoms with E-state index in [2.05, 4.69) is 12.1 Å². The highest BCUT2D eigenvalue weighted by atomic mass is 31.2. The predicted molar refractivity (Wildman–Crippen MR) is 117 cm³/mol. The van der Waals surface area contributed by atoms with Crippen molar-refractivity contribution in [2.45, 2.75) is 104 Å². The molecule has 1 aromatic rings. The van der Waals surface area contributed by atoms with Crippen molar-refractivity contribution in [3.63, 3.8) is 0 Å². The largest absolute Gasteiger partial charge is 0.459 e. The third kappa shape index (κ3) is 11.1. The maximum absolute atomic E-state index is 12.8.